The number of aromatic nitrogens is 5. The summed E-state index contributed by atoms with van der Waals surface area (Å²) in [6.07, 6.45) is 5.60. The number of hydrogen-bond acceptors (Lipinski definition) is 6. The molecule has 6 nitrogen and oxygen atoms in total. The monoisotopic (exact) mass is 380 g/mol. The SMILES string of the molecule is CCc1ncc2c(n1)CN(c1nn3cc(-c4ccc(F)cc4)nc3s1)CC2. The molecule has 0 spiro atoms. The zero-order chi connectivity index (χ0) is 18.4. The van der Waals surface area contributed by atoms with Crippen LogP contribution in [0.25, 0.3) is 16.2 Å². The third-order valence-electron chi connectivity index (χ3n) is 4.76. The lowest BCUT2D eigenvalue weighted by molar-refractivity contribution is 0.628. The summed E-state index contributed by atoms with van der Waals surface area (Å²) in [4.78, 5) is 16.8. The Kier molecular flexibility index (Phi) is 3.86. The molecule has 0 amide bonds. The highest BCUT2D eigenvalue weighted by Crippen LogP contribution is 2.29. The van der Waals surface area contributed by atoms with Gasteiger partial charge in [-0.05, 0) is 36.2 Å². The molecule has 4 aromatic rings. The van der Waals surface area contributed by atoms with E-state index in [1.165, 1.54) is 17.7 Å². The van der Waals surface area contributed by atoms with E-state index in [-0.39, 0.29) is 5.82 Å². The number of imidazole rings is 1. The van der Waals surface area contributed by atoms with Gasteiger partial charge in [0, 0.05) is 24.7 Å². The first-order chi connectivity index (χ1) is 13.2. The van der Waals surface area contributed by atoms with Gasteiger partial charge in [0.1, 0.15) is 11.6 Å². The predicted molar refractivity (Wildman–Crippen MR) is 102 cm³/mol. The van der Waals surface area contributed by atoms with Crippen molar-refractivity contribution in [1.82, 2.24) is 24.6 Å². The van der Waals surface area contributed by atoms with Gasteiger partial charge in [-0.25, -0.2) is 23.9 Å². The molecule has 136 valence electrons. The number of hydrogen-bond donors (Lipinski definition) is 0. The highest BCUT2D eigenvalue weighted by atomic mass is 32.1. The predicted octanol–water partition coefficient (Wildman–Crippen LogP) is 3.51. The molecule has 0 bridgehead atoms. The van der Waals surface area contributed by atoms with Crippen LogP contribution in [-0.2, 0) is 19.4 Å². The number of nitrogens with zero attached hydrogens (tertiary/aromatic N) is 6. The molecule has 0 atom stereocenters. The smallest absolute Gasteiger partial charge is 0.214 e. The van der Waals surface area contributed by atoms with Crippen LogP contribution < -0.4 is 4.90 Å². The molecular weight excluding hydrogens is 363 g/mol. The first-order valence-electron chi connectivity index (χ1n) is 8.90. The van der Waals surface area contributed by atoms with E-state index in [1.807, 2.05) is 12.4 Å². The lowest BCUT2D eigenvalue weighted by Crippen LogP contribution is -2.31. The molecule has 1 aliphatic heterocycles. The van der Waals surface area contributed by atoms with E-state index in [0.717, 1.165) is 58.8 Å². The second-order valence-electron chi connectivity index (χ2n) is 6.53. The number of anilines is 1. The molecule has 0 saturated heterocycles. The lowest BCUT2D eigenvalue weighted by Gasteiger charge is -2.27. The summed E-state index contributed by atoms with van der Waals surface area (Å²) >= 11 is 1.56. The van der Waals surface area contributed by atoms with Gasteiger partial charge in [0.15, 0.2) is 0 Å². The molecule has 1 aliphatic rings. The van der Waals surface area contributed by atoms with Crippen molar-refractivity contribution in [1.29, 1.82) is 0 Å². The van der Waals surface area contributed by atoms with Crippen molar-refractivity contribution in [3.63, 3.8) is 0 Å². The standard InChI is InChI=1S/C19H17FN6S/c1-2-17-21-9-13-7-8-25(10-15(13)22-17)19-24-26-11-16(23-18(26)27-19)12-3-5-14(20)6-4-12/h3-6,9,11H,2,7-8,10H2,1H3. The van der Waals surface area contributed by atoms with Gasteiger partial charge in [-0.1, -0.05) is 18.3 Å². The number of halogens is 1. The molecule has 0 N–H and O–H groups in total. The average molecular weight is 380 g/mol. The van der Waals surface area contributed by atoms with E-state index in [9.17, 15) is 4.39 Å². The Balaban J connectivity index is 1.42. The number of rotatable bonds is 3. The van der Waals surface area contributed by atoms with E-state index in [4.69, 9.17) is 5.10 Å². The van der Waals surface area contributed by atoms with Crippen LogP contribution in [0.4, 0.5) is 9.52 Å². The molecule has 0 aliphatic carbocycles. The fraction of sp³-hybridized carbons (Fsp3) is 0.263. The van der Waals surface area contributed by atoms with Gasteiger partial charge in [0.2, 0.25) is 10.1 Å². The first kappa shape index (κ1) is 16.3. The Morgan fingerprint density at radius 3 is 2.81 bits per heavy atom. The van der Waals surface area contributed by atoms with Crippen LogP contribution >= 0.6 is 11.3 Å². The third-order valence-corrected chi connectivity index (χ3v) is 5.74. The van der Waals surface area contributed by atoms with Crippen LogP contribution in [0.1, 0.15) is 24.0 Å². The molecule has 8 heteroatoms. The molecule has 0 radical (unpaired) electrons. The first-order valence-corrected chi connectivity index (χ1v) is 9.72. The van der Waals surface area contributed by atoms with E-state index in [0.29, 0.717) is 0 Å². The van der Waals surface area contributed by atoms with Crippen LogP contribution in [0.5, 0.6) is 0 Å². The molecule has 0 fully saturated rings. The summed E-state index contributed by atoms with van der Waals surface area (Å²) in [5, 5.41) is 5.63. The fourth-order valence-electron chi connectivity index (χ4n) is 3.26. The summed E-state index contributed by atoms with van der Waals surface area (Å²) in [5.41, 5.74) is 3.99. The Morgan fingerprint density at radius 2 is 2.04 bits per heavy atom. The summed E-state index contributed by atoms with van der Waals surface area (Å²) in [6, 6.07) is 6.35. The van der Waals surface area contributed by atoms with Crippen molar-refractivity contribution in [2.45, 2.75) is 26.3 Å². The molecule has 5 rings (SSSR count). The van der Waals surface area contributed by atoms with Gasteiger partial charge in [-0.15, -0.1) is 5.10 Å². The van der Waals surface area contributed by atoms with E-state index in [1.54, 1.807) is 28.0 Å². The van der Waals surface area contributed by atoms with Crippen molar-refractivity contribution < 1.29 is 4.39 Å². The Morgan fingerprint density at radius 1 is 1.19 bits per heavy atom. The Bertz CT molecular complexity index is 1090. The fourth-order valence-corrected chi connectivity index (χ4v) is 4.16. The lowest BCUT2D eigenvalue weighted by atomic mass is 10.1. The molecule has 4 heterocycles. The van der Waals surface area contributed by atoms with Crippen LogP contribution in [0.2, 0.25) is 0 Å². The molecule has 1 aromatic carbocycles. The average Bonchev–Trinajstić information content (AvgIpc) is 3.27. The summed E-state index contributed by atoms with van der Waals surface area (Å²) in [6.45, 7) is 3.70. The van der Waals surface area contributed by atoms with Crippen molar-refractivity contribution in [2.24, 2.45) is 0 Å². The maximum absolute atomic E-state index is 13.1. The number of benzene rings is 1. The molecule has 0 unspecified atom stereocenters. The summed E-state index contributed by atoms with van der Waals surface area (Å²) in [5.74, 6) is 0.633. The zero-order valence-corrected chi connectivity index (χ0v) is 15.6. The summed E-state index contributed by atoms with van der Waals surface area (Å²) < 4.78 is 14.9. The van der Waals surface area contributed by atoms with Crippen molar-refractivity contribution >= 4 is 21.4 Å². The second kappa shape index (κ2) is 6.38. The van der Waals surface area contributed by atoms with Crippen molar-refractivity contribution in [3.8, 4) is 11.3 Å². The van der Waals surface area contributed by atoms with Gasteiger partial charge in [0.05, 0.1) is 24.1 Å². The quantitative estimate of drug-likeness (QED) is 0.544. The minimum absolute atomic E-state index is 0.249. The number of fused-ring (bicyclic) bond motifs is 2. The minimum atomic E-state index is -0.249. The highest BCUT2D eigenvalue weighted by Gasteiger charge is 2.22. The summed E-state index contributed by atoms with van der Waals surface area (Å²) in [7, 11) is 0. The van der Waals surface area contributed by atoms with Crippen LogP contribution in [0.3, 0.4) is 0 Å². The van der Waals surface area contributed by atoms with E-state index >= 15 is 0 Å². The van der Waals surface area contributed by atoms with Gasteiger partial charge in [-0.2, -0.15) is 0 Å². The van der Waals surface area contributed by atoms with Crippen molar-refractivity contribution in [3.05, 3.63) is 59.6 Å². The van der Waals surface area contributed by atoms with Gasteiger partial charge in [-0.3, -0.25) is 0 Å². The topological polar surface area (TPSA) is 59.2 Å². The highest BCUT2D eigenvalue weighted by molar-refractivity contribution is 7.20. The normalized spacial score (nSPS) is 13.9. The van der Waals surface area contributed by atoms with Crippen LogP contribution in [0, 0.1) is 5.82 Å². The maximum Gasteiger partial charge on any atom is 0.214 e. The number of aryl methyl sites for hydroxylation is 1. The zero-order valence-electron chi connectivity index (χ0n) is 14.8. The second-order valence-corrected chi connectivity index (χ2v) is 7.46. The van der Waals surface area contributed by atoms with Crippen molar-refractivity contribution in [2.75, 3.05) is 11.4 Å². The largest absolute Gasteiger partial charge is 0.340 e. The molecule has 0 saturated carbocycles. The van der Waals surface area contributed by atoms with E-state index in [2.05, 4.69) is 26.8 Å². The minimum Gasteiger partial charge on any atom is -0.340 e. The van der Waals surface area contributed by atoms with E-state index < -0.39 is 0 Å². The molecule has 3 aromatic heterocycles. The maximum atomic E-state index is 13.1. The molecule has 27 heavy (non-hydrogen) atoms. The van der Waals surface area contributed by atoms with Gasteiger partial charge < -0.3 is 4.90 Å². The third kappa shape index (κ3) is 2.95. The molecular formula is C19H17FN6S. The van der Waals surface area contributed by atoms with Crippen LogP contribution in [0.15, 0.2) is 36.7 Å². The van der Waals surface area contributed by atoms with Gasteiger partial charge in [0.25, 0.3) is 0 Å². The Labute approximate surface area is 159 Å². The van der Waals surface area contributed by atoms with Gasteiger partial charge >= 0.3 is 0 Å². The van der Waals surface area contributed by atoms with Crippen LogP contribution in [-0.4, -0.2) is 31.1 Å². The Hall–Kier alpha value is -2.87.